The van der Waals surface area contributed by atoms with Crippen LogP contribution in [0, 0.1) is 5.41 Å². The Bertz CT molecular complexity index is 173. The van der Waals surface area contributed by atoms with Crippen LogP contribution in [-0.2, 0) is 9.53 Å². The molecule has 1 unspecified atom stereocenters. The normalized spacial score (nSPS) is 22.8. The molecule has 1 rings (SSSR count). The van der Waals surface area contributed by atoms with E-state index < -0.39 is 11.4 Å². The van der Waals surface area contributed by atoms with Gasteiger partial charge in [-0.15, -0.1) is 0 Å². The Labute approximate surface area is 72.7 Å². The summed E-state index contributed by atoms with van der Waals surface area (Å²) < 4.78 is 5.07. The molecule has 1 atom stereocenters. The molecule has 3 heteroatoms. The third-order valence-electron chi connectivity index (χ3n) is 2.84. The fraction of sp³-hybridized carbons (Fsp3) is 0.889. The molecule has 0 amide bonds. The van der Waals surface area contributed by atoms with Crippen molar-refractivity contribution in [1.29, 1.82) is 0 Å². The average Bonchev–Trinajstić information content (AvgIpc) is 1.95. The van der Waals surface area contributed by atoms with Crippen molar-refractivity contribution < 1.29 is 14.6 Å². The number of rotatable bonds is 4. The Morgan fingerprint density at radius 3 is 2.50 bits per heavy atom. The van der Waals surface area contributed by atoms with E-state index >= 15 is 0 Å². The number of hydrogen-bond donors (Lipinski definition) is 1. The summed E-state index contributed by atoms with van der Waals surface area (Å²) in [4.78, 5) is 10.9. The number of carboxylic acid groups (broad SMARTS) is 1. The van der Waals surface area contributed by atoms with Crippen LogP contribution < -0.4 is 0 Å². The largest absolute Gasteiger partial charge is 0.481 e. The molecule has 0 heterocycles. The van der Waals surface area contributed by atoms with Crippen LogP contribution in [0.1, 0.15) is 32.6 Å². The van der Waals surface area contributed by atoms with Gasteiger partial charge in [-0.1, -0.05) is 6.42 Å². The van der Waals surface area contributed by atoms with Gasteiger partial charge in [-0.25, -0.2) is 0 Å². The summed E-state index contributed by atoms with van der Waals surface area (Å²) >= 11 is 0. The van der Waals surface area contributed by atoms with Gasteiger partial charge in [-0.05, 0) is 26.2 Å². The topological polar surface area (TPSA) is 46.5 Å². The molecule has 0 aromatic carbocycles. The molecule has 0 aromatic rings. The Balaban J connectivity index is 2.50. The molecule has 0 saturated heterocycles. The van der Waals surface area contributed by atoms with Crippen molar-refractivity contribution >= 4 is 5.97 Å². The first-order chi connectivity index (χ1) is 5.60. The van der Waals surface area contributed by atoms with Gasteiger partial charge in [0.05, 0.1) is 11.5 Å². The van der Waals surface area contributed by atoms with Crippen LogP contribution in [-0.4, -0.2) is 24.3 Å². The van der Waals surface area contributed by atoms with Gasteiger partial charge in [0.15, 0.2) is 0 Å². The van der Waals surface area contributed by atoms with E-state index in [1.54, 1.807) is 7.11 Å². The van der Waals surface area contributed by atoms with E-state index in [2.05, 4.69) is 0 Å². The van der Waals surface area contributed by atoms with E-state index in [1.807, 2.05) is 6.92 Å². The minimum atomic E-state index is -0.655. The number of hydrogen-bond acceptors (Lipinski definition) is 2. The molecular formula is C9H16O3. The lowest BCUT2D eigenvalue weighted by molar-refractivity contribution is -0.157. The number of carbonyl (C=O) groups is 1. The molecule has 1 N–H and O–H groups in total. The molecule has 1 aliphatic carbocycles. The summed E-state index contributed by atoms with van der Waals surface area (Å²) in [5, 5.41) is 8.97. The maximum absolute atomic E-state index is 10.9. The summed E-state index contributed by atoms with van der Waals surface area (Å²) in [6.07, 6.45) is 3.38. The zero-order valence-corrected chi connectivity index (χ0v) is 7.67. The molecule has 1 aliphatic rings. The number of methoxy groups -OCH3 is 1. The van der Waals surface area contributed by atoms with Crippen molar-refractivity contribution in [2.75, 3.05) is 7.11 Å². The minimum Gasteiger partial charge on any atom is -0.481 e. The van der Waals surface area contributed by atoms with Crippen molar-refractivity contribution in [3.8, 4) is 0 Å². The Morgan fingerprint density at radius 2 is 2.25 bits per heavy atom. The summed E-state index contributed by atoms with van der Waals surface area (Å²) in [6, 6.07) is 0. The SMILES string of the molecule is COC(C)CC1(C(=O)O)CCC1. The van der Waals surface area contributed by atoms with Crippen molar-refractivity contribution in [2.45, 2.75) is 38.7 Å². The van der Waals surface area contributed by atoms with Crippen molar-refractivity contribution in [2.24, 2.45) is 5.41 Å². The van der Waals surface area contributed by atoms with Gasteiger partial charge in [0.1, 0.15) is 0 Å². The van der Waals surface area contributed by atoms with Crippen LogP contribution in [0.2, 0.25) is 0 Å². The highest BCUT2D eigenvalue weighted by molar-refractivity contribution is 5.75. The van der Waals surface area contributed by atoms with Gasteiger partial charge in [0, 0.05) is 7.11 Å². The molecule has 0 bridgehead atoms. The van der Waals surface area contributed by atoms with E-state index in [9.17, 15) is 4.79 Å². The molecule has 0 radical (unpaired) electrons. The van der Waals surface area contributed by atoms with Crippen LogP contribution in [0.3, 0.4) is 0 Å². The first-order valence-corrected chi connectivity index (χ1v) is 4.37. The lowest BCUT2D eigenvalue weighted by atomic mass is 9.66. The monoisotopic (exact) mass is 172 g/mol. The fourth-order valence-electron chi connectivity index (χ4n) is 1.74. The lowest BCUT2D eigenvalue weighted by Crippen LogP contribution is -2.40. The van der Waals surface area contributed by atoms with Crippen LogP contribution >= 0.6 is 0 Å². The van der Waals surface area contributed by atoms with E-state index in [0.29, 0.717) is 6.42 Å². The summed E-state index contributed by atoms with van der Waals surface area (Å²) in [5.74, 6) is -0.655. The molecule has 3 nitrogen and oxygen atoms in total. The third-order valence-corrected chi connectivity index (χ3v) is 2.84. The first kappa shape index (κ1) is 9.52. The lowest BCUT2D eigenvalue weighted by Gasteiger charge is -2.39. The maximum Gasteiger partial charge on any atom is 0.309 e. The smallest absolute Gasteiger partial charge is 0.309 e. The quantitative estimate of drug-likeness (QED) is 0.701. The zero-order valence-electron chi connectivity index (χ0n) is 7.67. The van der Waals surface area contributed by atoms with E-state index in [-0.39, 0.29) is 6.10 Å². The Morgan fingerprint density at radius 1 is 1.67 bits per heavy atom. The first-order valence-electron chi connectivity index (χ1n) is 4.37. The molecule has 1 fully saturated rings. The molecule has 12 heavy (non-hydrogen) atoms. The number of aliphatic carboxylic acids is 1. The van der Waals surface area contributed by atoms with Crippen LogP contribution in [0.4, 0.5) is 0 Å². The Hall–Kier alpha value is -0.570. The van der Waals surface area contributed by atoms with Crippen LogP contribution in [0.25, 0.3) is 0 Å². The van der Waals surface area contributed by atoms with Gasteiger partial charge < -0.3 is 9.84 Å². The summed E-state index contributed by atoms with van der Waals surface area (Å²) in [5.41, 5.74) is -0.463. The highest BCUT2D eigenvalue weighted by Crippen LogP contribution is 2.45. The minimum absolute atomic E-state index is 0.0569. The van der Waals surface area contributed by atoms with Gasteiger partial charge in [-0.3, -0.25) is 4.79 Å². The second kappa shape index (κ2) is 3.44. The molecule has 70 valence electrons. The molecule has 0 aromatic heterocycles. The highest BCUT2D eigenvalue weighted by atomic mass is 16.5. The Kier molecular flexibility index (Phi) is 2.73. The molecular weight excluding hydrogens is 156 g/mol. The van der Waals surface area contributed by atoms with Crippen molar-refractivity contribution in [3.05, 3.63) is 0 Å². The zero-order chi connectivity index (χ0) is 9.19. The summed E-state index contributed by atoms with van der Waals surface area (Å²) in [7, 11) is 1.62. The van der Waals surface area contributed by atoms with Gasteiger partial charge in [0.25, 0.3) is 0 Å². The number of ether oxygens (including phenoxy) is 1. The number of carboxylic acids is 1. The second-order valence-corrected chi connectivity index (χ2v) is 3.69. The van der Waals surface area contributed by atoms with Crippen molar-refractivity contribution in [3.63, 3.8) is 0 Å². The second-order valence-electron chi connectivity index (χ2n) is 3.69. The van der Waals surface area contributed by atoms with E-state index in [0.717, 1.165) is 19.3 Å². The summed E-state index contributed by atoms with van der Waals surface area (Å²) in [6.45, 7) is 1.92. The molecule has 0 spiro atoms. The fourth-order valence-corrected chi connectivity index (χ4v) is 1.74. The standard InChI is InChI=1S/C9H16O3/c1-7(12-2)6-9(8(10)11)4-3-5-9/h7H,3-6H2,1-2H3,(H,10,11). The van der Waals surface area contributed by atoms with E-state index in [1.165, 1.54) is 0 Å². The molecule has 1 saturated carbocycles. The van der Waals surface area contributed by atoms with Gasteiger partial charge in [0.2, 0.25) is 0 Å². The highest BCUT2D eigenvalue weighted by Gasteiger charge is 2.45. The van der Waals surface area contributed by atoms with Gasteiger partial charge in [-0.2, -0.15) is 0 Å². The predicted molar refractivity (Wildman–Crippen MR) is 45.0 cm³/mol. The molecule has 0 aliphatic heterocycles. The average molecular weight is 172 g/mol. The third kappa shape index (κ3) is 1.61. The van der Waals surface area contributed by atoms with Crippen LogP contribution in [0.5, 0.6) is 0 Å². The maximum atomic E-state index is 10.9. The van der Waals surface area contributed by atoms with E-state index in [4.69, 9.17) is 9.84 Å². The van der Waals surface area contributed by atoms with Gasteiger partial charge >= 0.3 is 5.97 Å². The predicted octanol–water partition coefficient (Wildman–Crippen LogP) is 1.67. The van der Waals surface area contributed by atoms with Crippen molar-refractivity contribution in [1.82, 2.24) is 0 Å². The van der Waals surface area contributed by atoms with Crippen LogP contribution in [0.15, 0.2) is 0 Å².